The molecule has 2 heterocycles. The van der Waals surface area contributed by atoms with Crippen LogP contribution in [0.1, 0.15) is 37.6 Å². The fraction of sp³-hybridized carbons (Fsp3) is 0.214. The molecule has 7 heteroatoms. The average Bonchev–Trinajstić information content (AvgIpc) is 2.98. The Morgan fingerprint density at radius 1 is 1.38 bits per heavy atom. The minimum atomic E-state index is -1.00. The third kappa shape index (κ3) is 2.64. The molecule has 0 unspecified atom stereocenters. The number of rotatable bonds is 3. The van der Waals surface area contributed by atoms with Gasteiger partial charge in [0.05, 0.1) is 5.56 Å². The van der Waals surface area contributed by atoms with E-state index in [0.717, 1.165) is 29.7 Å². The molecule has 2 aromatic heterocycles. The van der Waals surface area contributed by atoms with E-state index in [2.05, 4.69) is 10.3 Å². The van der Waals surface area contributed by atoms with Crippen LogP contribution in [0, 0.1) is 0 Å². The third-order valence-electron chi connectivity index (χ3n) is 3.35. The van der Waals surface area contributed by atoms with E-state index in [9.17, 15) is 14.7 Å². The largest absolute Gasteiger partial charge is 0.478 e. The summed E-state index contributed by atoms with van der Waals surface area (Å²) >= 11 is 7.09. The molecule has 0 spiro atoms. The summed E-state index contributed by atoms with van der Waals surface area (Å²) in [5, 5.41) is 12.7. The molecular formula is C14H11ClN2O3S. The highest BCUT2D eigenvalue weighted by atomic mass is 35.5. The predicted octanol–water partition coefficient (Wildman–Crippen LogP) is 3.24. The van der Waals surface area contributed by atoms with E-state index in [0.29, 0.717) is 10.6 Å². The molecule has 0 atom stereocenters. The van der Waals surface area contributed by atoms with Crippen LogP contribution in [-0.2, 0) is 12.8 Å². The van der Waals surface area contributed by atoms with Gasteiger partial charge in [0.1, 0.15) is 10.2 Å². The number of aromatic nitrogens is 1. The van der Waals surface area contributed by atoms with Gasteiger partial charge in [-0.25, -0.2) is 9.78 Å². The number of anilines is 1. The fourth-order valence-electron chi connectivity index (χ4n) is 2.44. The minimum absolute atomic E-state index is 0.217. The van der Waals surface area contributed by atoms with Gasteiger partial charge in [-0.1, -0.05) is 11.6 Å². The lowest BCUT2D eigenvalue weighted by Crippen LogP contribution is -2.14. The second kappa shape index (κ2) is 5.46. The van der Waals surface area contributed by atoms with Gasteiger partial charge < -0.3 is 10.4 Å². The first-order chi connectivity index (χ1) is 10.1. The Hall–Kier alpha value is -1.92. The lowest BCUT2D eigenvalue weighted by molar-refractivity contribution is 0.0697. The Balaban J connectivity index is 1.92. The van der Waals surface area contributed by atoms with Gasteiger partial charge in [0.2, 0.25) is 0 Å². The van der Waals surface area contributed by atoms with E-state index in [1.807, 2.05) is 0 Å². The Labute approximate surface area is 129 Å². The maximum Gasteiger partial charge on any atom is 0.339 e. The number of halogens is 1. The molecule has 1 aliphatic carbocycles. The first-order valence-electron chi connectivity index (χ1n) is 6.37. The molecule has 0 radical (unpaired) electrons. The zero-order valence-electron chi connectivity index (χ0n) is 10.9. The van der Waals surface area contributed by atoms with E-state index in [1.54, 1.807) is 0 Å². The zero-order chi connectivity index (χ0) is 15.0. The van der Waals surface area contributed by atoms with Gasteiger partial charge in [-0.05, 0) is 37.0 Å². The summed E-state index contributed by atoms with van der Waals surface area (Å²) in [4.78, 5) is 28.5. The number of amides is 1. The average molecular weight is 323 g/mol. The fourth-order valence-corrected chi connectivity index (χ4v) is 3.89. The van der Waals surface area contributed by atoms with Crippen molar-refractivity contribution in [2.75, 3.05) is 5.32 Å². The maximum atomic E-state index is 12.2. The van der Waals surface area contributed by atoms with Crippen LogP contribution >= 0.6 is 22.9 Å². The highest BCUT2D eigenvalue weighted by Crippen LogP contribution is 2.39. The van der Waals surface area contributed by atoms with Crippen molar-refractivity contribution in [2.45, 2.75) is 19.3 Å². The van der Waals surface area contributed by atoms with Crippen LogP contribution in [-0.4, -0.2) is 22.0 Å². The van der Waals surface area contributed by atoms with Crippen molar-refractivity contribution >= 4 is 39.8 Å². The van der Waals surface area contributed by atoms with Gasteiger partial charge in [-0.3, -0.25) is 4.79 Å². The number of thiophene rings is 1. The van der Waals surface area contributed by atoms with E-state index in [1.165, 1.54) is 29.7 Å². The number of aryl methyl sites for hydroxylation is 1. The van der Waals surface area contributed by atoms with E-state index in [4.69, 9.17) is 11.6 Å². The number of hydrogen-bond acceptors (Lipinski definition) is 4. The number of carboxylic acid groups (broad SMARTS) is 1. The van der Waals surface area contributed by atoms with E-state index < -0.39 is 5.97 Å². The van der Waals surface area contributed by atoms with Crippen molar-refractivity contribution in [3.05, 3.63) is 45.1 Å². The molecule has 21 heavy (non-hydrogen) atoms. The third-order valence-corrected chi connectivity index (χ3v) is 4.76. The van der Waals surface area contributed by atoms with Gasteiger partial charge in [0, 0.05) is 16.6 Å². The summed E-state index contributed by atoms with van der Waals surface area (Å²) in [5.74, 6) is -1.39. The molecule has 0 aliphatic heterocycles. The molecule has 0 saturated carbocycles. The van der Waals surface area contributed by atoms with E-state index in [-0.39, 0.29) is 16.6 Å². The highest BCUT2D eigenvalue weighted by Gasteiger charge is 2.27. The van der Waals surface area contributed by atoms with Crippen molar-refractivity contribution in [1.82, 2.24) is 4.98 Å². The van der Waals surface area contributed by atoms with Gasteiger partial charge >= 0.3 is 5.97 Å². The van der Waals surface area contributed by atoms with Crippen molar-refractivity contribution < 1.29 is 14.7 Å². The summed E-state index contributed by atoms with van der Waals surface area (Å²) in [5.41, 5.74) is 1.43. The van der Waals surface area contributed by atoms with Gasteiger partial charge in [-0.15, -0.1) is 11.3 Å². The molecule has 1 amide bonds. The molecule has 2 aromatic rings. The first-order valence-corrected chi connectivity index (χ1v) is 7.56. The second-order valence-corrected chi connectivity index (χ2v) is 6.18. The molecule has 5 nitrogen and oxygen atoms in total. The van der Waals surface area contributed by atoms with Crippen LogP contribution < -0.4 is 5.32 Å². The number of nitrogens with zero attached hydrogens (tertiary/aromatic N) is 1. The van der Waals surface area contributed by atoms with Crippen LogP contribution in [0.4, 0.5) is 5.00 Å². The Kier molecular flexibility index (Phi) is 3.65. The monoisotopic (exact) mass is 322 g/mol. The van der Waals surface area contributed by atoms with Crippen molar-refractivity contribution in [1.29, 1.82) is 0 Å². The summed E-state index contributed by atoms with van der Waals surface area (Å²) in [6.07, 6.45) is 4.03. The Morgan fingerprint density at radius 3 is 2.90 bits per heavy atom. The van der Waals surface area contributed by atoms with Gasteiger partial charge in [-0.2, -0.15) is 0 Å². The second-order valence-electron chi connectivity index (χ2n) is 4.69. The maximum absolute atomic E-state index is 12.2. The van der Waals surface area contributed by atoms with Crippen LogP contribution in [0.15, 0.2) is 18.3 Å². The number of nitrogens with one attached hydrogen (secondary N) is 1. The molecule has 108 valence electrons. The molecule has 0 fully saturated rings. The van der Waals surface area contributed by atoms with Crippen molar-refractivity contribution in [2.24, 2.45) is 0 Å². The number of carbonyl (C=O) groups is 2. The molecule has 0 bridgehead atoms. The Bertz CT molecular complexity index is 742. The zero-order valence-corrected chi connectivity index (χ0v) is 12.4. The first kappa shape index (κ1) is 14.0. The number of carbonyl (C=O) groups excluding carboxylic acids is 1. The summed E-state index contributed by atoms with van der Waals surface area (Å²) < 4.78 is 0. The lowest BCUT2D eigenvalue weighted by Gasteiger charge is -2.05. The smallest absolute Gasteiger partial charge is 0.339 e. The topological polar surface area (TPSA) is 79.3 Å². The number of hydrogen-bond donors (Lipinski definition) is 2. The number of aromatic carboxylic acids is 1. The lowest BCUT2D eigenvalue weighted by atomic mass is 10.1. The van der Waals surface area contributed by atoms with Crippen molar-refractivity contribution in [3.63, 3.8) is 0 Å². The molecule has 0 saturated heterocycles. The molecule has 1 aliphatic rings. The van der Waals surface area contributed by atoms with Gasteiger partial charge in [0.15, 0.2) is 0 Å². The molecule has 2 N–H and O–H groups in total. The van der Waals surface area contributed by atoms with Crippen LogP contribution in [0.3, 0.4) is 0 Å². The van der Waals surface area contributed by atoms with Gasteiger partial charge in [0.25, 0.3) is 5.91 Å². The molecule has 3 rings (SSSR count). The summed E-state index contributed by atoms with van der Waals surface area (Å²) in [7, 11) is 0. The minimum Gasteiger partial charge on any atom is -0.478 e. The quantitative estimate of drug-likeness (QED) is 0.850. The van der Waals surface area contributed by atoms with E-state index >= 15 is 0 Å². The van der Waals surface area contributed by atoms with Crippen LogP contribution in [0.25, 0.3) is 0 Å². The van der Waals surface area contributed by atoms with Crippen LogP contribution in [0.5, 0.6) is 0 Å². The highest BCUT2D eigenvalue weighted by molar-refractivity contribution is 7.17. The summed E-state index contributed by atoms with van der Waals surface area (Å²) in [6.45, 7) is 0. The SMILES string of the molecule is O=C(Nc1sc2c(c1C(=O)O)CCC2)c1ccnc(Cl)c1. The van der Waals surface area contributed by atoms with Crippen LogP contribution in [0.2, 0.25) is 5.15 Å². The standard InChI is InChI=1S/C14H11ClN2O3S/c15-10-6-7(4-5-16-10)12(18)17-13-11(14(19)20)8-2-1-3-9(8)21-13/h4-6H,1-3H2,(H,17,18)(H,19,20). The normalized spacial score (nSPS) is 13.0. The number of fused-ring (bicyclic) bond motifs is 1. The van der Waals surface area contributed by atoms with Crippen molar-refractivity contribution in [3.8, 4) is 0 Å². The summed E-state index contributed by atoms with van der Waals surface area (Å²) in [6, 6.07) is 2.97. The molecular weight excluding hydrogens is 312 g/mol. The Morgan fingerprint density at radius 2 is 2.19 bits per heavy atom. The molecule has 0 aromatic carbocycles. The number of carboxylic acids is 1. The predicted molar refractivity (Wildman–Crippen MR) is 80.5 cm³/mol. The number of pyridine rings is 1.